The number of carbonyl (C=O) groups excluding carboxylic acids is 1. The van der Waals surface area contributed by atoms with Crippen LogP contribution in [0.3, 0.4) is 0 Å². The smallest absolute Gasteiger partial charge is 0.266 e. The maximum Gasteiger partial charge on any atom is 0.292 e. The van der Waals surface area contributed by atoms with Gasteiger partial charge in [0.15, 0.2) is 0 Å². The van der Waals surface area contributed by atoms with E-state index in [1.807, 2.05) is 5.16 Å². The van der Waals surface area contributed by atoms with Gasteiger partial charge in [-0.3, -0.25) is 14.9 Å². The summed E-state index contributed by atoms with van der Waals surface area (Å²) in [5.41, 5.74) is -0.566. The Kier molecular flexibility index (Phi) is 3.62. The predicted octanol–water partition coefficient (Wildman–Crippen LogP) is 2.49. The van der Waals surface area contributed by atoms with E-state index in [9.17, 15) is 14.9 Å². The molecular formula is C8H3ClN2O3S. The Morgan fingerprint density at radius 3 is 2.80 bits per heavy atom. The van der Waals surface area contributed by atoms with Crippen molar-refractivity contribution in [3.05, 3.63) is 38.9 Å². The summed E-state index contributed by atoms with van der Waals surface area (Å²) < 4.78 is 0. The largest absolute Gasteiger partial charge is 0.292 e. The molecule has 1 aromatic carbocycles. The summed E-state index contributed by atoms with van der Waals surface area (Å²) in [5, 5.41) is 12.6. The van der Waals surface area contributed by atoms with E-state index in [1.54, 1.807) is 0 Å². The van der Waals surface area contributed by atoms with E-state index in [-0.39, 0.29) is 10.6 Å². The lowest BCUT2D eigenvalue weighted by Crippen LogP contribution is -2.00. The fourth-order valence-corrected chi connectivity index (χ4v) is 1.19. The van der Waals surface area contributed by atoms with Gasteiger partial charge in [0, 0.05) is 11.1 Å². The second-order valence-corrected chi connectivity index (χ2v) is 3.05. The number of nitrogens with zero attached hydrogens (tertiary/aromatic N) is 2. The van der Waals surface area contributed by atoms with Crippen LogP contribution in [0.2, 0.25) is 5.02 Å². The van der Waals surface area contributed by atoms with E-state index in [4.69, 9.17) is 11.6 Å². The molecule has 0 unspecified atom stereocenters. The second kappa shape index (κ2) is 4.75. The molecule has 0 saturated heterocycles. The topological polar surface area (TPSA) is 72.6 Å². The van der Waals surface area contributed by atoms with Gasteiger partial charge in [0.05, 0.1) is 10.1 Å². The molecule has 0 spiro atoms. The van der Waals surface area contributed by atoms with E-state index in [1.165, 1.54) is 12.1 Å². The SMILES string of the molecule is O=C(N=C=S)c1ccc(Cl)cc1[N+](=O)[O-]. The van der Waals surface area contributed by atoms with Crippen LogP contribution in [-0.2, 0) is 0 Å². The molecule has 0 N–H and O–H groups in total. The number of aliphatic imine (C=N–C) groups is 1. The number of nitro benzene ring substituents is 1. The molecule has 5 nitrogen and oxygen atoms in total. The Hall–Kier alpha value is -1.62. The van der Waals surface area contributed by atoms with Crippen LogP contribution in [0.4, 0.5) is 5.69 Å². The Bertz CT molecular complexity index is 483. The average Bonchev–Trinajstić information content (AvgIpc) is 2.17. The second-order valence-electron chi connectivity index (χ2n) is 2.43. The fraction of sp³-hybridized carbons (Fsp3) is 0. The van der Waals surface area contributed by atoms with Crippen LogP contribution >= 0.6 is 23.8 Å². The lowest BCUT2D eigenvalue weighted by atomic mass is 10.2. The van der Waals surface area contributed by atoms with Crippen molar-refractivity contribution in [2.45, 2.75) is 0 Å². The Morgan fingerprint density at radius 1 is 1.60 bits per heavy atom. The zero-order valence-corrected chi connectivity index (χ0v) is 8.71. The lowest BCUT2D eigenvalue weighted by Gasteiger charge is -1.97. The zero-order valence-electron chi connectivity index (χ0n) is 7.14. The minimum absolute atomic E-state index is 0.165. The van der Waals surface area contributed by atoms with Crippen molar-refractivity contribution in [2.24, 2.45) is 4.99 Å². The molecule has 1 rings (SSSR count). The van der Waals surface area contributed by atoms with Crippen LogP contribution in [0.5, 0.6) is 0 Å². The highest BCUT2D eigenvalue weighted by atomic mass is 35.5. The number of thiocarbonyl (C=S) groups is 1. The monoisotopic (exact) mass is 242 g/mol. The summed E-state index contributed by atoms with van der Waals surface area (Å²) in [4.78, 5) is 24.3. The van der Waals surface area contributed by atoms with Gasteiger partial charge < -0.3 is 0 Å². The highest BCUT2D eigenvalue weighted by molar-refractivity contribution is 7.78. The van der Waals surface area contributed by atoms with Crippen LogP contribution < -0.4 is 0 Å². The van der Waals surface area contributed by atoms with Crippen LogP contribution in [0, 0.1) is 10.1 Å². The van der Waals surface area contributed by atoms with Crippen molar-refractivity contribution in [1.82, 2.24) is 0 Å². The maximum atomic E-state index is 11.2. The number of benzene rings is 1. The molecule has 15 heavy (non-hydrogen) atoms. The van der Waals surface area contributed by atoms with Gasteiger partial charge in [0.1, 0.15) is 5.56 Å². The molecule has 7 heteroatoms. The molecular weight excluding hydrogens is 240 g/mol. The van der Waals surface area contributed by atoms with Crippen LogP contribution in [0.25, 0.3) is 0 Å². The summed E-state index contributed by atoms with van der Waals surface area (Å²) in [6.07, 6.45) is 0. The van der Waals surface area contributed by atoms with Crippen molar-refractivity contribution in [3.63, 3.8) is 0 Å². The number of amides is 1. The number of nitro groups is 1. The number of hydrogen-bond acceptors (Lipinski definition) is 4. The number of carbonyl (C=O) groups is 1. The fourth-order valence-electron chi connectivity index (χ4n) is 0.938. The summed E-state index contributed by atoms with van der Waals surface area (Å²) in [5.74, 6) is -0.812. The van der Waals surface area contributed by atoms with Gasteiger partial charge in [-0.25, -0.2) is 0 Å². The van der Waals surface area contributed by atoms with Gasteiger partial charge in [0.25, 0.3) is 11.6 Å². The first kappa shape index (κ1) is 11.5. The first-order valence-electron chi connectivity index (χ1n) is 3.62. The molecule has 0 aliphatic heterocycles. The maximum absolute atomic E-state index is 11.2. The van der Waals surface area contributed by atoms with Gasteiger partial charge in [-0.1, -0.05) is 11.6 Å². The van der Waals surface area contributed by atoms with E-state index in [2.05, 4.69) is 17.2 Å². The van der Waals surface area contributed by atoms with Crippen LogP contribution in [0.1, 0.15) is 10.4 Å². The van der Waals surface area contributed by atoms with E-state index in [0.29, 0.717) is 0 Å². The summed E-state index contributed by atoms with van der Waals surface area (Å²) in [6.45, 7) is 0. The number of halogens is 1. The quantitative estimate of drug-likeness (QED) is 0.346. The predicted molar refractivity (Wildman–Crippen MR) is 57.5 cm³/mol. The van der Waals surface area contributed by atoms with Gasteiger partial charge >= 0.3 is 0 Å². The zero-order chi connectivity index (χ0) is 11.4. The summed E-state index contributed by atoms with van der Waals surface area (Å²) >= 11 is 9.79. The molecule has 1 aromatic rings. The molecule has 0 heterocycles. The number of hydrogen-bond donors (Lipinski definition) is 0. The van der Waals surface area contributed by atoms with Gasteiger partial charge in [-0.2, -0.15) is 4.99 Å². The van der Waals surface area contributed by atoms with Crippen molar-refractivity contribution in [1.29, 1.82) is 0 Å². The number of isothiocyanates is 1. The van der Waals surface area contributed by atoms with Gasteiger partial charge in [-0.05, 0) is 24.4 Å². The third-order valence-corrected chi connectivity index (χ3v) is 1.86. The normalized spacial score (nSPS) is 9.13. The highest BCUT2D eigenvalue weighted by Crippen LogP contribution is 2.23. The minimum atomic E-state index is -0.812. The van der Waals surface area contributed by atoms with E-state index >= 15 is 0 Å². The molecule has 0 atom stereocenters. The van der Waals surface area contributed by atoms with Crippen molar-refractivity contribution < 1.29 is 9.72 Å². The van der Waals surface area contributed by atoms with Gasteiger partial charge in [-0.15, -0.1) is 0 Å². The van der Waals surface area contributed by atoms with Crippen molar-refractivity contribution in [3.8, 4) is 0 Å². The Morgan fingerprint density at radius 2 is 2.27 bits per heavy atom. The summed E-state index contributed by atoms with van der Waals surface area (Å²) in [7, 11) is 0. The van der Waals surface area contributed by atoms with E-state index in [0.717, 1.165) is 6.07 Å². The first-order chi connectivity index (χ1) is 7.06. The Balaban J connectivity index is 3.34. The molecule has 0 radical (unpaired) electrons. The van der Waals surface area contributed by atoms with Gasteiger partial charge in [0.2, 0.25) is 0 Å². The molecule has 0 bridgehead atoms. The third kappa shape index (κ3) is 2.66. The molecule has 0 fully saturated rings. The van der Waals surface area contributed by atoms with Crippen LogP contribution in [0.15, 0.2) is 23.2 Å². The first-order valence-corrected chi connectivity index (χ1v) is 4.41. The lowest BCUT2D eigenvalue weighted by molar-refractivity contribution is -0.385. The van der Waals surface area contributed by atoms with Crippen LogP contribution in [-0.4, -0.2) is 16.0 Å². The van der Waals surface area contributed by atoms with Crippen molar-refractivity contribution in [2.75, 3.05) is 0 Å². The summed E-state index contributed by atoms with van der Waals surface area (Å²) in [6, 6.07) is 3.66. The molecule has 76 valence electrons. The number of rotatable bonds is 2. The van der Waals surface area contributed by atoms with E-state index < -0.39 is 16.5 Å². The molecule has 0 aliphatic rings. The molecule has 0 saturated carbocycles. The minimum Gasteiger partial charge on any atom is -0.266 e. The third-order valence-electron chi connectivity index (χ3n) is 1.53. The molecule has 0 aliphatic carbocycles. The molecule has 0 aromatic heterocycles. The van der Waals surface area contributed by atoms with Crippen molar-refractivity contribution >= 4 is 40.6 Å². The molecule has 1 amide bonds. The Labute approximate surface area is 94.5 Å². The highest BCUT2D eigenvalue weighted by Gasteiger charge is 2.19. The average molecular weight is 243 g/mol. The standard InChI is InChI=1S/C8H3ClN2O3S/c9-5-1-2-6(8(12)10-4-15)7(3-5)11(13)14/h1-3H.